The normalized spacial score (nSPS) is 10.3. The quantitative estimate of drug-likeness (QED) is 0.917. The number of hydrogen-bond acceptors (Lipinski definition) is 4. The molecule has 0 saturated carbocycles. The molecule has 0 spiro atoms. The second kappa shape index (κ2) is 6.34. The first-order valence-electron chi connectivity index (χ1n) is 6.08. The van der Waals surface area contributed by atoms with Gasteiger partial charge in [0.1, 0.15) is 5.82 Å². The molecule has 0 fully saturated rings. The number of likely N-dealkylation sites (N-methyl/N-ethyl adjacent to an activating group) is 1. The van der Waals surface area contributed by atoms with E-state index in [2.05, 4.69) is 9.97 Å². The van der Waals surface area contributed by atoms with Crippen molar-refractivity contribution in [3.63, 3.8) is 0 Å². The predicted octanol–water partition coefficient (Wildman–Crippen LogP) is 2.51. The fraction of sp³-hybridized carbons (Fsp3) is 0.214. The van der Waals surface area contributed by atoms with Crippen LogP contribution in [0.1, 0.15) is 16.1 Å². The third-order valence-corrected chi connectivity index (χ3v) is 3.22. The van der Waals surface area contributed by atoms with Gasteiger partial charge in [0.2, 0.25) is 0 Å². The molecule has 0 bridgehead atoms. The first kappa shape index (κ1) is 14.3. The zero-order valence-corrected chi connectivity index (χ0v) is 11.7. The van der Waals surface area contributed by atoms with Crippen molar-refractivity contribution in [3.05, 3.63) is 52.9 Å². The van der Waals surface area contributed by atoms with E-state index in [9.17, 15) is 4.79 Å². The standard InChI is InChI=1S/C14H14ClN3O2/c1-18(9-6-10-4-7-16-8-5-10)12-3-2-11(15)13(17-12)14(19)20/h2-5,7-8H,6,9H2,1H3,(H,19,20). The third kappa shape index (κ3) is 3.45. The lowest BCUT2D eigenvalue weighted by Gasteiger charge is -2.18. The molecule has 2 rings (SSSR count). The maximum Gasteiger partial charge on any atom is 0.356 e. The molecule has 0 atom stereocenters. The number of carbonyl (C=O) groups is 1. The molecule has 0 radical (unpaired) electrons. The Morgan fingerprint density at radius 3 is 2.65 bits per heavy atom. The topological polar surface area (TPSA) is 66.3 Å². The van der Waals surface area contributed by atoms with Crippen LogP contribution in [-0.4, -0.2) is 34.6 Å². The van der Waals surface area contributed by atoms with E-state index in [1.54, 1.807) is 24.5 Å². The molecule has 6 heteroatoms. The van der Waals surface area contributed by atoms with Crippen molar-refractivity contribution in [1.29, 1.82) is 0 Å². The van der Waals surface area contributed by atoms with Crippen LogP contribution in [0.3, 0.4) is 0 Å². The molecule has 0 aliphatic rings. The molecule has 104 valence electrons. The Balaban J connectivity index is 2.07. The van der Waals surface area contributed by atoms with Crippen molar-refractivity contribution in [1.82, 2.24) is 9.97 Å². The highest BCUT2D eigenvalue weighted by atomic mass is 35.5. The number of halogens is 1. The zero-order valence-electron chi connectivity index (χ0n) is 11.0. The number of aromatic nitrogens is 2. The Bertz CT molecular complexity index is 605. The molecule has 2 aromatic rings. The summed E-state index contributed by atoms with van der Waals surface area (Å²) in [7, 11) is 1.86. The van der Waals surface area contributed by atoms with E-state index in [-0.39, 0.29) is 10.7 Å². The average Bonchev–Trinajstić information content (AvgIpc) is 2.46. The first-order chi connectivity index (χ1) is 9.58. The Labute approximate surface area is 121 Å². The van der Waals surface area contributed by atoms with Gasteiger partial charge in [0.15, 0.2) is 5.69 Å². The number of nitrogens with zero attached hydrogens (tertiary/aromatic N) is 3. The Morgan fingerprint density at radius 1 is 1.30 bits per heavy atom. The van der Waals surface area contributed by atoms with Gasteiger partial charge in [0.05, 0.1) is 5.02 Å². The highest BCUT2D eigenvalue weighted by molar-refractivity contribution is 6.33. The maximum atomic E-state index is 11.0. The summed E-state index contributed by atoms with van der Waals surface area (Å²) in [6.45, 7) is 0.720. The summed E-state index contributed by atoms with van der Waals surface area (Å²) in [6, 6.07) is 7.16. The number of hydrogen-bond donors (Lipinski definition) is 1. The summed E-state index contributed by atoms with van der Waals surface area (Å²) in [5.41, 5.74) is 1.04. The molecule has 0 aliphatic heterocycles. The van der Waals surface area contributed by atoms with E-state index < -0.39 is 5.97 Å². The average molecular weight is 292 g/mol. The van der Waals surface area contributed by atoms with E-state index in [0.717, 1.165) is 13.0 Å². The summed E-state index contributed by atoms with van der Waals surface area (Å²) < 4.78 is 0. The summed E-state index contributed by atoms with van der Waals surface area (Å²) in [6.07, 6.45) is 4.32. The number of anilines is 1. The number of carboxylic acids is 1. The molecule has 2 aromatic heterocycles. The van der Waals surface area contributed by atoms with E-state index in [4.69, 9.17) is 16.7 Å². The minimum atomic E-state index is -1.13. The van der Waals surface area contributed by atoms with Gasteiger partial charge in [0, 0.05) is 26.0 Å². The first-order valence-corrected chi connectivity index (χ1v) is 6.45. The second-order valence-electron chi connectivity index (χ2n) is 4.33. The van der Waals surface area contributed by atoms with Gasteiger partial charge in [0.25, 0.3) is 0 Å². The Hall–Kier alpha value is -2.14. The van der Waals surface area contributed by atoms with Crippen LogP contribution in [0.4, 0.5) is 5.82 Å². The van der Waals surface area contributed by atoms with Crippen LogP contribution in [-0.2, 0) is 6.42 Å². The minimum absolute atomic E-state index is 0.125. The lowest BCUT2D eigenvalue weighted by atomic mass is 10.2. The molecular weight excluding hydrogens is 278 g/mol. The van der Waals surface area contributed by atoms with E-state index in [1.807, 2.05) is 24.1 Å². The Kier molecular flexibility index (Phi) is 4.53. The van der Waals surface area contributed by atoms with Gasteiger partial charge in [-0.15, -0.1) is 0 Å². The second-order valence-corrected chi connectivity index (χ2v) is 4.74. The van der Waals surface area contributed by atoms with Crippen LogP contribution < -0.4 is 4.90 Å². The fourth-order valence-electron chi connectivity index (χ4n) is 1.76. The van der Waals surface area contributed by atoms with Gasteiger partial charge in [-0.2, -0.15) is 0 Å². The number of rotatable bonds is 5. The predicted molar refractivity (Wildman–Crippen MR) is 77.4 cm³/mol. The maximum absolute atomic E-state index is 11.0. The molecule has 5 nitrogen and oxygen atoms in total. The molecule has 0 unspecified atom stereocenters. The van der Waals surface area contributed by atoms with Gasteiger partial charge in [-0.05, 0) is 36.2 Å². The number of carboxylic acid groups (broad SMARTS) is 1. The van der Waals surface area contributed by atoms with E-state index >= 15 is 0 Å². The molecule has 2 heterocycles. The monoisotopic (exact) mass is 291 g/mol. The molecule has 0 amide bonds. The summed E-state index contributed by atoms with van der Waals surface area (Å²) in [5, 5.41) is 9.15. The van der Waals surface area contributed by atoms with Crippen LogP contribution in [0.5, 0.6) is 0 Å². The van der Waals surface area contributed by atoms with Crippen LogP contribution in [0.2, 0.25) is 5.02 Å². The summed E-state index contributed by atoms with van der Waals surface area (Å²) >= 11 is 5.80. The van der Waals surface area contributed by atoms with Crippen molar-refractivity contribution < 1.29 is 9.90 Å². The Morgan fingerprint density at radius 2 is 2.00 bits per heavy atom. The smallest absolute Gasteiger partial charge is 0.356 e. The van der Waals surface area contributed by atoms with Crippen LogP contribution in [0.25, 0.3) is 0 Å². The summed E-state index contributed by atoms with van der Waals surface area (Å²) in [5.74, 6) is -0.541. The van der Waals surface area contributed by atoms with Gasteiger partial charge < -0.3 is 10.0 Å². The summed E-state index contributed by atoms with van der Waals surface area (Å²) in [4.78, 5) is 20.9. The molecule has 0 aliphatic carbocycles. The van der Waals surface area contributed by atoms with Gasteiger partial charge >= 0.3 is 5.97 Å². The van der Waals surface area contributed by atoms with Crippen molar-refractivity contribution in [2.75, 3.05) is 18.5 Å². The largest absolute Gasteiger partial charge is 0.476 e. The molecule has 0 saturated heterocycles. The zero-order chi connectivity index (χ0) is 14.5. The van der Waals surface area contributed by atoms with Gasteiger partial charge in [-0.25, -0.2) is 9.78 Å². The highest BCUT2D eigenvalue weighted by Gasteiger charge is 2.13. The molecule has 0 aromatic carbocycles. The van der Waals surface area contributed by atoms with Crippen molar-refractivity contribution in [2.45, 2.75) is 6.42 Å². The molecular formula is C14H14ClN3O2. The third-order valence-electron chi connectivity index (χ3n) is 2.91. The van der Waals surface area contributed by atoms with Crippen molar-refractivity contribution in [2.24, 2.45) is 0 Å². The molecule has 1 N–H and O–H groups in total. The number of pyridine rings is 2. The molecule has 20 heavy (non-hydrogen) atoms. The SMILES string of the molecule is CN(CCc1ccncc1)c1ccc(Cl)c(C(=O)O)n1. The highest BCUT2D eigenvalue weighted by Crippen LogP contribution is 2.18. The van der Waals surface area contributed by atoms with Gasteiger partial charge in [-0.3, -0.25) is 4.98 Å². The fourth-order valence-corrected chi connectivity index (χ4v) is 1.94. The van der Waals surface area contributed by atoms with Crippen LogP contribution >= 0.6 is 11.6 Å². The van der Waals surface area contributed by atoms with Crippen LogP contribution in [0.15, 0.2) is 36.7 Å². The van der Waals surface area contributed by atoms with Crippen molar-refractivity contribution in [3.8, 4) is 0 Å². The van der Waals surface area contributed by atoms with Crippen LogP contribution in [0, 0.1) is 0 Å². The van der Waals surface area contributed by atoms with Crippen molar-refractivity contribution >= 4 is 23.4 Å². The lowest BCUT2D eigenvalue weighted by molar-refractivity contribution is 0.0691. The minimum Gasteiger partial charge on any atom is -0.476 e. The lowest BCUT2D eigenvalue weighted by Crippen LogP contribution is -2.22. The van der Waals surface area contributed by atoms with E-state index in [1.165, 1.54) is 5.56 Å². The van der Waals surface area contributed by atoms with E-state index in [0.29, 0.717) is 5.82 Å². The van der Waals surface area contributed by atoms with Gasteiger partial charge in [-0.1, -0.05) is 11.6 Å². The number of aromatic carboxylic acids is 1.